The molecule has 2 aromatic carbocycles. The maximum atomic E-state index is 5.80. The van der Waals surface area contributed by atoms with E-state index in [0.29, 0.717) is 5.88 Å². The van der Waals surface area contributed by atoms with Crippen molar-refractivity contribution in [3.63, 3.8) is 0 Å². The minimum absolute atomic E-state index is 0.623. The van der Waals surface area contributed by atoms with Crippen LogP contribution in [0.5, 0.6) is 11.5 Å². The van der Waals surface area contributed by atoms with E-state index in [1.54, 1.807) is 0 Å². The van der Waals surface area contributed by atoms with Crippen molar-refractivity contribution in [1.29, 1.82) is 0 Å². The molecular weight excluding hydrogens is 272 g/mol. The summed E-state index contributed by atoms with van der Waals surface area (Å²) < 4.78 is 5.76. The van der Waals surface area contributed by atoms with Gasteiger partial charge in [0, 0.05) is 30.3 Å². The van der Waals surface area contributed by atoms with Crippen LogP contribution in [0.15, 0.2) is 48.5 Å². The van der Waals surface area contributed by atoms with Gasteiger partial charge in [-0.15, -0.1) is 11.6 Å². The van der Waals surface area contributed by atoms with E-state index in [2.05, 4.69) is 11.8 Å². The Labute approximate surface area is 124 Å². The third kappa shape index (κ3) is 3.81. The number of halogens is 1. The summed E-state index contributed by atoms with van der Waals surface area (Å²) in [6.45, 7) is 3.90. The molecule has 0 atom stereocenters. The molecule has 4 heteroatoms. The Morgan fingerprint density at radius 3 is 2.05 bits per heavy atom. The summed E-state index contributed by atoms with van der Waals surface area (Å²) in [5.74, 6) is 2.21. The van der Waals surface area contributed by atoms with Crippen molar-refractivity contribution in [2.45, 2.75) is 6.92 Å². The summed E-state index contributed by atoms with van der Waals surface area (Å²) in [7, 11) is 0. The molecule has 0 saturated heterocycles. The minimum atomic E-state index is 0.623. The van der Waals surface area contributed by atoms with E-state index in [4.69, 9.17) is 22.1 Å². The van der Waals surface area contributed by atoms with Crippen molar-refractivity contribution < 1.29 is 4.74 Å². The van der Waals surface area contributed by atoms with Crippen LogP contribution in [0.2, 0.25) is 0 Å². The average molecular weight is 291 g/mol. The van der Waals surface area contributed by atoms with E-state index in [1.165, 1.54) is 0 Å². The first-order chi connectivity index (χ1) is 9.72. The molecule has 106 valence electrons. The summed E-state index contributed by atoms with van der Waals surface area (Å²) in [4.78, 5) is 2.22. The van der Waals surface area contributed by atoms with Gasteiger partial charge in [0.15, 0.2) is 0 Å². The number of alkyl halides is 1. The Hall–Kier alpha value is -1.87. The third-order valence-electron chi connectivity index (χ3n) is 3.05. The second kappa shape index (κ2) is 7.06. The SMILES string of the molecule is CCN(CCCl)c1ccc(Oc2ccc(N)cc2)cc1. The number of ether oxygens (including phenoxy) is 1. The molecule has 3 nitrogen and oxygen atoms in total. The quantitative estimate of drug-likeness (QED) is 0.642. The molecule has 0 radical (unpaired) electrons. The number of rotatable bonds is 6. The van der Waals surface area contributed by atoms with Crippen molar-refractivity contribution in [3.8, 4) is 11.5 Å². The van der Waals surface area contributed by atoms with E-state index in [-0.39, 0.29) is 0 Å². The molecule has 0 unspecified atom stereocenters. The molecule has 0 bridgehead atoms. The third-order valence-corrected chi connectivity index (χ3v) is 3.22. The lowest BCUT2D eigenvalue weighted by atomic mass is 10.2. The van der Waals surface area contributed by atoms with Crippen LogP contribution in [0, 0.1) is 0 Å². The van der Waals surface area contributed by atoms with Crippen molar-refractivity contribution in [2.75, 3.05) is 29.6 Å². The normalized spacial score (nSPS) is 10.3. The summed E-state index contributed by atoms with van der Waals surface area (Å²) in [6, 6.07) is 15.4. The van der Waals surface area contributed by atoms with Crippen LogP contribution >= 0.6 is 11.6 Å². The first-order valence-electron chi connectivity index (χ1n) is 6.67. The molecule has 0 saturated carbocycles. The van der Waals surface area contributed by atoms with E-state index < -0.39 is 0 Å². The fraction of sp³-hybridized carbons (Fsp3) is 0.250. The summed E-state index contributed by atoms with van der Waals surface area (Å²) in [5, 5.41) is 0. The van der Waals surface area contributed by atoms with E-state index in [9.17, 15) is 0 Å². The van der Waals surface area contributed by atoms with Crippen LogP contribution < -0.4 is 15.4 Å². The maximum absolute atomic E-state index is 5.80. The molecule has 2 rings (SSSR count). The van der Waals surface area contributed by atoms with Crippen LogP contribution in [0.25, 0.3) is 0 Å². The molecule has 0 amide bonds. The van der Waals surface area contributed by atoms with Gasteiger partial charge in [0.25, 0.3) is 0 Å². The number of hydrogen-bond donors (Lipinski definition) is 1. The lowest BCUT2D eigenvalue weighted by Crippen LogP contribution is -2.24. The minimum Gasteiger partial charge on any atom is -0.457 e. The summed E-state index contributed by atoms with van der Waals surface area (Å²) >= 11 is 5.80. The molecule has 0 fully saturated rings. The Balaban J connectivity index is 2.06. The Kier molecular flexibility index (Phi) is 5.13. The zero-order valence-corrected chi connectivity index (χ0v) is 12.3. The van der Waals surface area contributed by atoms with Gasteiger partial charge < -0.3 is 15.4 Å². The Bertz CT molecular complexity index is 525. The van der Waals surface area contributed by atoms with Gasteiger partial charge in [-0.3, -0.25) is 0 Å². The highest BCUT2D eigenvalue weighted by Crippen LogP contribution is 2.25. The molecule has 0 aliphatic carbocycles. The zero-order chi connectivity index (χ0) is 14.4. The van der Waals surface area contributed by atoms with Crippen LogP contribution in [-0.2, 0) is 0 Å². The monoisotopic (exact) mass is 290 g/mol. The Morgan fingerprint density at radius 1 is 1.00 bits per heavy atom. The number of anilines is 2. The predicted octanol–water partition coefficient (Wildman–Crippen LogP) is 4.13. The first-order valence-corrected chi connectivity index (χ1v) is 7.20. The zero-order valence-electron chi connectivity index (χ0n) is 11.6. The lowest BCUT2D eigenvalue weighted by molar-refractivity contribution is 0.483. The molecule has 0 aromatic heterocycles. The van der Waals surface area contributed by atoms with Crippen LogP contribution in [0.4, 0.5) is 11.4 Å². The average Bonchev–Trinajstić information content (AvgIpc) is 2.48. The molecule has 0 aliphatic heterocycles. The molecule has 2 aromatic rings. The topological polar surface area (TPSA) is 38.5 Å². The molecule has 20 heavy (non-hydrogen) atoms. The van der Waals surface area contributed by atoms with Gasteiger partial charge in [-0.05, 0) is 55.5 Å². The highest BCUT2D eigenvalue weighted by atomic mass is 35.5. The highest BCUT2D eigenvalue weighted by molar-refractivity contribution is 6.18. The van der Waals surface area contributed by atoms with E-state index in [0.717, 1.165) is 36.0 Å². The number of nitrogens with zero attached hydrogens (tertiary/aromatic N) is 1. The second-order valence-corrected chi connectivity index (χ2v) is 4.81. The number of benzene rings is 2. The molecular formula is C16H19ClN2O. The number of nitrogen functional groups attached to an aromatic ring is 1. The van der Waals surface area contributed by atoms with Gasteiger partial charge in [0.05, 0.1) is 0 Å². The van der Waals surface area contributed by atoms with Crippen molar-refractivity contribution in [1.82, 2.24) is 0 Å². The molecule has 0 aliphatic rings. The van der Waals surface area contributed by atoms with Gasteiger partial charge in [0.1, 0.15) is 11.5 Å². The second-order valence-electron chi connectivity index (χ2n) is 4.43. The van der Waals surface area contributed by atoms with Crippen molar-refractivity contribution >= 4 is 23.0 Å². The van der Waals surface area contributed by atoms with Gasteiger partial charge in [-0.1, -0.05) is 0 Å². The van der Waals surface area contributed by atoms with Crippen LogP contribution in [0.3, 0.4) is 0 Å². The largest absolute Gasteiger partial charge is 0.457 e. The molecule has 0 spiro atoms. The predicted molar refractivity (Wildman–Crippen MR) is 86.0 cm³/mol. The standard InChI is InChI=1S/C16H19ClN2O/c1-2-19(12-11-17)14-5-9-16(10-6-14)20-15-7-3-13(18)4-8-15/h3-10H,2,11-12,18H2,1H3. The maximum Gasteiger partial charge on any atom is 0.127 e. The van der Waals surface area contributed by atoms with Gasteiger partial charge >= 0.3 is 0 Å². The van der Waals surface area contributed by atoms with Gasteiger partial charge in [-0.2, -0.15) is 0 Å². The Morgan fingerprint density at radius 2 is 1.55 bits per heavy atom. The van der Waals surface area contributed by atoms with Crippen molar-refractivity contribution in [2.24, 2.45) is 0 Å². The van der Waals surface area contributed by atoms with Gasteiger partial charge in [-0.25, -0.2) is 0 Å². The van der Waals surface area contributed by atoms with Gasteiger partial charge in [0.2, 0.25) is 0 Å². The highest BCUT2D eigenvalue weighted by Gasteiger charge is 2.04. The fourth-order valence-corrected chi connectivity index (χ4v) is 2.17. The molecule has 2 N–H and O–H groups in total. The fourth-order valence-electron chi connectivity index (χ4n) is 1.97. The lowest BCUT2D eigenvalue weighted by Gasteiger charge is -2.22. The number of hydrogen-bond acceptors (Lipinski definition) is 3. The summed E-state index contributed by atoms with van der Waals surface area (Å²) in [5.41, 5.74) is 7.52. The van der Waals surface area contributed by atoms with E-state index >= 15 is 0 Å². The van der Waals surface area contributed by atoms with Crippen LogP contribution in [0.1, 0.15) is 6.92 Å². The number of nitrogens with two attached hydrogens (primary N) is 1. The molecule has 0 heterocycles. The smallest absolute Gasteiger partial charge is 0.127 e. The first kappa shape index (κ1) is 14.5. The summed E-state index contributed by atoms with van der Waals surface area (Å²) in [6.07, 6.45) is 0. The van der Waals surface area contributed by atoms with Crippen LogP contribution in [-0.4, -0.2) is 19.0 Å². The van der Waals surface area contributed by atoms with E-state index in [1.807, 2.05) is 48.5 Å². The van der Waals surface area contributed by atoms with Crippen molar-refractivity contribution in [3.05, 3.63) is 48.5 Å².